The molecule has 0 aromatic rings. The van der Waals surface area contributed by atoms with Gasteiger partial charge in [-0.1, -0.05) is 18.6 Å². The van der Waals surface area contributed by atoms with Gasteiger partial charge in [-0.15, -0.1) is 23.2 Å². The second kappa shape index (κ2) is 4.25. The largest absolute Gasteiger partial charge is 0.121 e. The maximum absolute atomic E-state index is 5.96. The highest BCUT2D eigenvalue weighted by Crippen LogP contribution is 2.20. The summed E-state index contributed by atoms with van der Waals surface area (Å²) in [5, 5.41) is 0.181. The van der Waals surface area contributed by atoms with Crippen LogP contribution in [0.15, 0.2) is 12.2 Å². The average molecular weight is 179 g/mol. The van der Waals surface area contributed by atoms with Gasteiger partial charge in [0.25, 0.3) is 0 Å². The minimum atomic E-state index is 0.0435. The van der Waals surface area contributed by atoms with Crippen molar-refractivity contribution >= 4 is 23.2 Å². The first-order valence-corrected chi connectivity index (χ1v) is 4.63. The molecule has 0 bridgehead atoms. The Hall–Kier alpha value is 0.320. The molecule has 10 heavy (non-hydrogen) atoms. The smallest absolute Gasteiger partial charge is 0.0679 e. The minimum Gasteiger partial charge on any atom is -0.121 e. The van der Waals surface area contributed by atoms with Crippen LogP contribution >= 0.6 is 23.2 Å². The molecule has 0 fully saturated rings. The highest BCUT2D eigenvalue weighted by Gasteiger charge is 2.13. The molecule has 2 heteroatoms. The summed E-state index contributed by atoms with van der Waals surface area (Å²) in [7, 11) is 0. The van der Waals surface area contributed by atoms with Crippen LogP contribution in [0.25, 0.3) is 0 Å². The Labute approximate surface area is 72.2 Å². The Kier molecular flexibility index (Phi) is 3.58. The summed E-state index contributed by atoms with van der Waals surface area (Å²) in [6.07, 6.45) is 8.82. The molecule has 2 unspecified atom stereocenters. The molecule has 0 N–H and O–H groups in total. The van der Waals surface area contributed by atoms with Crippen molar-refractivity contribution in [1.29, 1.82) is 0 Å². The third kappa shape index (κ3) is 2.51. The van der Waals surface area contributed by atoms with Crippen LogP contribution < -0.4 is 0 Å². The van der Waals surface area contributed by atoms with Crippen LogP contribution in [0.3, 0.4) is 0 Å². The summed E-state index contributed by atoms with van der Waals surface area (Å²) >= 11 is 11.9. The van der Waals surface area contributed by atoms with Crippen LogP contribution in [0.1, 0.15) is 25.7 Å². The number of rotatable bonds is 0. The maximum atomic E-state index is 5.96. The van der Waals surface area contributed by atoms with Gasteiger partial charge in [0, 0.05) is 0 Å². The van der Waals surface area contributed by atoms with E-state index in [4.69, 9.17) is 23.2 Å². The fourth-order valence-electron chi connectivity index (χ4n) is 1.11. The molecule has 1 aliphatic carbocycles. The predicted octanol–water partition coefficient (Wildman–Crippen LogP) is 3.33. The van der Waals surface area contributed by atoms with Crippen molar-refractivity contribution in [1.82, 2.24) is 0 Å². The van der Waals surface area contributed by atoms with Gasteiger partial charge in [0.15, 0.2) is 0 Å². The van der Waals surface area contributed by atoms with Gasteiger partial charge < -0.3 is 0 Å². The summed E-state index contributed by atoms with van der Waals surface area (Å²) in [4.78, 5) is 0. The highest BCUT2D eigenvalue weighted by molar-refractivity contribution is 6.30. The van der Waals surface area contributed by atoms with Crippen LogP contribution in [0.4, 0.5) is 0 Å². The van der Waals surface area contributed by atoms with Crippen molar-refractivity contribution in [2.45, 2.75) is 36.4 Å². The molecule has 0 saturated carbocycles. The third-order valence-corrected chi connectivity index (χ3v) is 2.83. The van der Waals surface area contributed by atoms with Gasteiger partial charge in [0.2, 0.25) is 0 Å². The lowest BCUT2D eigenvalue weighted by atomic mass is 10.1. The van der Waals surface area contributed by atoms with Crippen LogP contribution in [0.2, 0.25) is 0 Å². The molecule has 2 atom stereocenters. The van der Waals surface area contributed by atoms with Gasteiger partial charge in [0.05, 0.1) is 10.8 Å². The van der Waals surface area contributed by atoms with Crippen LogP contribution in [0, 0.1) is 0 Å². The van der Waals surface area contributed by atoms with Crippen LogP contribution in [0.5, 0.6) is 0 Å². The van der Waals surface area contributed by atoms with Crippen molar-refractivity contribution in [3.8, 4) is 0 Å². The predicted molar refractivity (Wildman–Crippen MR) is 46.9 cm³/mol. The van der Waals surface area contributed by atoms with Gasteiger partial charge in [-0.3, -0.25) is 0 Å². The van der Waals surface area contributed by atoms with Gasteiger partial charge >= 0.3 is 0 Å². The number of alkyl halides is 2. The molecule has 0 aromatic carbocycles. The topological polar surface area (TPSA) is 0 Å². The molecule has 0 aliphatic heterocycles. The normalized spacial score (nSPS) is 35.0. The summed E-state index contributed by atoms with van der Waals surface area (Å²) in [5.41, 5.74) is 0. The lowest BCUT2D eigenvalue weighted by molar-refractivity contribution is 0.647. The zero-order valence-corrected chi connectivity index (χ0v) is 7.41. The molecule has 1 rings (SSSR count). The molecule has 0 radical (unpaired) electrons. The summed E-state index contributed by atoms with van der Waals surface area (Å²) in [6, 6.07) is 0. The number of hydrogen-bond acceptors (Lipinski definition) is 0. The minimum absolute atomic E-state index is 0.0435. The maximum Gasteiger partial charge on any atom is 0.0679 e. The second-order valence-corrected chi connectivity index (χ2v) is 3.74. The molecule has 0 aromatic heterocycles. The van der Waals surface area contributed by atoms with E-state index in [-0.39, 0.29) is 10.8 Å². The van der Waals surface area contributed by atoms with E-state index in [1.165, 1.54) is 12.8 Å². The van der Waals surface area contributed by atoms with Crippen molar-refractivity contribution in [2.24, 2.45) is 0 Å². The van der Waals surface area contributed by atoms with Crippen molar-refractivity contribution in [3.05, 3.63) is 12.2 Å². The average Bonchev–Trinajstić information content (AvgIpc) is 1.92. The Bertz CT molecular complexity index is 120. The van der Waals surface area contributed by atoms with E-state index in [1.807, 2.05) is 6.08 Å². The molecule has 0 heterocycles. The standard InChI is InChI=1S/C8H12Cl2/c9-7-5-3-1-2-4-6-8(7)10/h3,5,7-8H,1-2,4,6H2. The fraction of sp³-hybridized carbons (Fsp3) is 0.750. The van der Waals surface area contributed by atoms with Crippen molar-refractivity contribution in [2.75, 3.05) is 0 Å². The highest BCUT2D eigenvalue weighted by atomic mass is 35.5. The van der Waals surface area contributed by atoms with Crippen LogP contribution in [-0.2, 0) is 0 Å². The Balaban J connectivity index is 2.44. The van der Waals surface area contributed by atoms with Crippen LogP contribution in [-0.4, -0.2) is 10.8 Å². The van der Waals surface area contributed by atoms with E-state index in [9.17, 15) is 0 Å². The molecule has 58 valence electrons. The van der Waals surface area contributed by atoms with E-state index in [0.29, 0.717) is 0 Å². The Morgan fingerprint density at radius 2 is 2.00 bits per heavy atom. The summed E-state index contributed by atoms with van der Waals surface area (Å²) < 4.78 is 0. The Morgan fingerprint density at radius 1 is 1.20 bits per heavy atom. The molecule has 0 spiro atoms. The third-order valence-electron chi connectivity index (χ3n) is 1.77. The van der Waals surface area contributed by atoms with E-state index in [2.05, 4.69) is 6.08 Å². The summed E-state index contributed by atoms with van der Waals surface area (Å²) in [6.45, 7) is 0. The quantitative estimate of drug-likeness (QED) is 0.395. The lowest BCUT2D eigenvalue weighted by Gasteiger charge is -2.14. The van der Waals surface area contributed by atoms with E-state index in [1.54, 1.807) is 0 Å². The first-order chi connectivity index (χ1) is 4.80. The van der Waals surface area contributed by atoms with Gasteiger partial charge in [-0.25, -0.2) is 0 Å². The summed E-state index contributed by atoms with van der Waals surface area (Å²) in [5.74, 6) is 0. The molecular formula is C8H12Cl2. The first kappa shape index (κ1) is 8.42. The zero-order chi connectivity index (χ0) is 7.40. The Morgan fingerprint density at radius 3 is 2.80 bits per heavy atom. The van der Waals surface area contributed by atoms with E-state index < -0.39 is 0 Å². The molecular weight excluding hydrogens is 167 g/mol. The first-order valence-electron chi connectivity index (χ1n) is 3.75. The van der Waals surface area contributed by atoms with E-state index in [0.717, 1.165) is 12.8 Å². The van der Waals surface area contributed by atoms with Gasteiger partial charge in [0.1, 0.15) is 0 Å². The van der Waals surface area contributed by atoms with Crippen molar-refractivity contribution < 1.29 is 0 Å². The number of allylic oxidation sites excluding steroid dienone is 2. The second-order valence-electron chi connectivity index (χ2n) is 2.67. The SMILES string of the molecule is ClC1C=CCCCCC1Cl. The zero-order valence-electron chi connectivity index (χ0n) is 5.89. The van der Waals surface area contributed by atoms with Crippen molar-refractivity contribution in [3.63, 3.8) is 0 Å². The molecule has 0 saturated heterocycles. The molecule has 1 aliphatic rings. The molecule has 0 amide bonds. The lowest BCUT2D eigenvalue weighted by Crippen LogP contribution is -2.13. The number of halogens is 2. The number of hydrogen-bond donors (Lipinski definition) is 0. The van der Waals surface area contributed by atoms with Gasteiger partial charge in [-0.05, 0) is 19.3 Å². The monoisotopic (exact) mass is 178 g/mol. The molecule has 0 nitrogen and oxygen atoms in total. The van der Waals surface area contributed by atoms with E-state index >= 15 is 0 Å². The fourth-order valence-corrected chi connectivity index (χ4v) is 1.57. The van der Waals surface area contributed by atoms with Gasteiger partial charge in [-0.2, -0.15) is 0 Å².